The van der Waals surface area contributed by atoms with Crippen LogP contribution < -0.4 is 20.1 Å². The smallest absolute Gasteiger partial charge is 0.257 e. The van der Waals surface area contributed by atoms with Gasteiger partial charge in [0.2, 0.25) is 5.91 Å². The summed E-state index contributed by atoms with van der Waals surface area (Å²) in [5.74, 6) is 1.05. The molecule has 0 radical (unpaired) electrons. The number of hydrogen-bond donors (Lipinski definition) is 2. The highest BCUT2D eigenvalue weighted by atomic mass is 16.5. The normalized spacial score (nSPS) is 10.0. The lowest BCUT2D eigenvalue weighted by Crippen LogP contribution is -2.30. The first-order valence-corrected chi connectivity index (χ1v) is 7.97. The summed E-state index contributed by atoms with van der Waals surface area (Å²) in [6, 6.07) is 14.6. The lowest BCUT2D eigenvalue weighted by Gasteiger charge is -2.10. The van der Waals surface area contributed by atoms with Crippen molar-refractivity contribution in [3.63, 3.8) is 0 Å². The van der Waals surface area contributed by atoms with Crippen molar-refractivity contribution < 1.29 is 19.1 Å². The molecule has 0 saturated carbocycles. The molecule has 0 unspecified atom stereocenters. The summed E-state index contributed by atoms with van der Waals surface area (Å²) >= 11 is 0. The molecular formula is C19H22N2O4. The van der Waals surface area contributed by atoms with Crippen molar-refractivity contribution in [2.45, 2.75) is 13.3 Å². The van der Waals surface area contributed by atoms with E-state index in [-0.39, 0.29) is 18.4 Å². The van der Waals surface area contributed by atoms with Gasteiger partial charge in [-0.15, -0.1) is 0 Å². The van der Waals surface area contributed by atoms with E-state index in [9.17, 15) is 9.59 Å². The fourth-order valence-electron chi connectivity index (χ4n) is 2.28. The van der Waals surface area contributed by atoms with Gasteiger partial charge < -0.3 is 20.1 Å². The van der Waals surface area contributed by atoms with Crippen LogP contribution in [0.25, 0.3) is 0 Å². The monoisotopic (exact) mass is 342 g/mol. The average Bonchev–Trinajstić information content (AvgIpc) is 2.61. The number of hydrogen-bond acceptors (Lipinski definition) is 4. The fraction of sp³-hybridized carbons (Fsp3) is 0.263. The standard InChI is InChI=1S/C19H22N2O4/c1-14(22)21-16-7-9-17(10-8-16)25-13-19(23)20-12-11-15-5-3-4-6-18(15)24-2/h3-10H,11-13H2,1-2H3,(H,20,23)(H,21,22). The zero-order valence-electron chi connectivity index (χ0n) is 14.4. The average molecular weight is 342 g/mol. The third-order valence-corrected chi connectivity index (χ3v) is 3.45. The Morgan fingerprint density at radius 1 is 1.04 bits per heavy atom. The van der Waals surface area contributed by atoms with E-state index in [1.807, 2.05) is 24.3 Å². The first-order chi connectivity index (χ1) is 12.1. The van der Waals surface area contributed by atoms with Gasteiger partial charge in [-0.05, 0) is 42.3 Å². The number of carbonyl (C=O) groups excluding carboxylic acids is 2. The summed E-state index contributed by atoms with van der Waals surface area (Å²) < 4.78 is 10.7. The van der Waals surface area contributed by atoms with Crippen LogP contribution in [0, 0.1) is 0 Å². The molecule has 0 aromatic heterocycles. The summed E-state index contributed by atoms with van der Waals surface area (Å²) in [5, 5.41) is 5.48. The van der Waals surface area contributed by atoms with E-state index in [0.29, 0.717) is 24.4 Å². The largest absolute Gasteiger partial charge is 0.496 e. The van der Waals surface area contributed by atoms with Gasteiger partial charge in [-0.3, -0.25) is 9.59 Å². The Morgan fingerprint density at radius 2 is 1.76 bits per heavy atom. The van der Waals surface area contributed by atoms with Crippen molar-refractivity contribution in [3.05, 3.63) is 54.1 Å². The zero-order chi connectivity index (χ0) is 18.1. The Labute approximate surface area is 147 Å². The van der Waals surface area contributed by atoms with Crippen LogP contribution in [0.1, 0.15) is 12.5 Å². The molecule has 2 aromatic carbocycles. The van der Waals surface area contributed by atoms with Gasteiger partial charge in [0, 0.05) is 19.2 Å². The minimum atomic E-state index is -0.194. The van der Waals surface area contributed by atoms with Gasteiger partial charge in [0.05, 0.1) is 7.11 Å². The van der Waals surface area contributed by atoms with Crippen molar-refractivity contribution in [2.24, 2.45) is 0 Å². The predicted molar refractivity (Wildman–Crippen MR) is 95.9 cm³/mol. The molecule has 132 valence electrons. The van der Waals surface area contributed by atoms with Gasteiger partial charge in [-0.2, -0.15) is 0 Å². The van der Waals surface area contributed by atoms with Crippen molar-refractivity contribution in [1.29, 1.82) is 0 Å². The summed E-state index contributed by atoms with van der Waals surface area (Å²) in [6.45, 7) is 1.88. The summed E-state index contributed by atoms with van der Waals surface area (Å²) in [4.78, 5) is 22.8. The summed E-state index contributed by atoms with van der Waals surface area (Å²) in [6.07, 6.45) is 0.682. The molecule has 0 saturated heterocycles. The van der Waals surface area contributed by atoms with Crippen LogP contribution in [0.2, 0.25) is 0 Å². The molecule has 2 N–H and O–H groups in total. The second-order valence-electron chi connectivity index (χ2n) is 5.41. The molecule has 0 aliphatic carbocycles. The van der Waals surface area contributed by atoms with Gasteiger partial charge in [0.15, 0.2) is 6.61 Å². The first kappa shape index (κ1) is 18.3. The molecule has 2 rings (SSSR count). The van der Waals surface area contributed by atoms with E-state index in [1.165, 1.54) is 6.92 Å². The van der Waals surface area contributed by atoms with Gasteiger partial charge in [0.1, 0.15) is 11.5 Å². The second kappa shape index (κ2) is 9.32. The number of methoxy groups -OCH3 is 1. The van der Waals surface area contributed by atoms with Gasteiger partial charge in [-0.25, -0.2) is 0 Å². The molecule has 0 aliphatic heterocycles. The Kier molecular flexibility index (Phi) is 6.83. The Balaban J connectivity index is 1.72. The van der Waals surface area contributed by atoms with Crippen LogP contribution in [0.3, 0.4) is 0 Å². The molecule has 0 heterocycles. The second-order valence-corrected chi connectivity index (χ2v) is 5.41. The topological polar surface area (TPSA) is 76.7 Å². The number of para-hydroxylation sites is 1. The van der Waals surface area contributed by atoms with Crippen LogP contribution >= 0.6 is 0 Å². The van der Waals surface area contributed by atoms with E-state index < -0.39 is 0 Å². The molecule has 0 atom stereocenters. The predicted octanol–water partition coefficient (Wildman–Crippen LogP) is 2.39. The van der Waals surface area contributed by atoms with E-state index in [4.69, 9.17) is 9.47 Å². The van der Waals surface area contributed by atoms with Gasteiger partial charge in [-0.1, -0.05) is 18.2 Å². The van der Waals surface area contributed by atoms with Crippen molar-refractivity contribution in [3.8, 4) is 11.5 Å². The fourth-order valence-corrected chi connectivity index (χ4v) is 2.28. The van der Waals surface area contributed by atoms with Gasteiger partial charge >= 0.3 is 0 Å². The molecule has 25 heavy (non-hydrogen) atoms. The van der Waals surface area contributed by atoms with E-state index >= 15 is 0 Å². The maximum absolute atomic E-state index is 11.8. The number of benzene rings is 2. The minimum Gasteiger partial charge on any atom is -0.496 e. The van der Waals surface area contributed by atoms with Crippen molar-refractivity contribution >= 4 is 17.5 Å². The Bertz CT molecular complexity index is 714. The highest BCUT2D eigenvalue weighted by Crippen LogP contribution is 2.17. The highest BCUT2D eigenvalue weighted by Gasteiger charge is 2.05. The van der Waals surface area contributed by atoms with E-state index in [1.54, 1.807) is 31.4 Å². The number of anilines is 1. The van der Waals surface area contributed by atoms with E-state index in [0.717, 1.165) is 11.3 Å². The maximum atomic E-state index is 11.8. The molecule has 0 aliphatic rings. The molecule has 0 spiro atoms. The van der Waals surface area contributed by atoms with Crippen LogP contribution in [-0.2, 0) is 16.0 Å². The number of carbonyl (C=O) groups is 2. The maximum Gasteiger partial charge on any atom is 0.257 e. The number of nitrogens with one attached hydrogen (secondary N) is 2. The van der Waals surface area contributed by atoms with Crippen molar-refractivity contribution in [2.75, 3.05) is 25.6 Å². The minimum absolute atomic E-state index is 0.0641. The summed E-state index contributed by atoms with van der Waals surface area (Å²) in [5.41, 5.74) is 1.72. The van der Waals surface area contributed by atoms with E-state index in [2.05, 4.69) is 10.6 Å². The third-order valence-electron chi connectivity index (χ3n) is 3.45. The number of rotatable bonds is 8. The number of amides is 2. The third kappa shape index (κ3) is 6.18. The Hall–Kier alpha value is -3.02. The van der Waals surface area contributed by atoms with Crippen LogP contribution in [-0.4, -0.2) is 32.1 Å². The molecule has 2 amide bonds. The SMILES string of the molecule is COc1ccccc1CCNC(=O)COc1ccc(NC(C)=O)cc1. The highest BCUT2D eigenvalue weighted by molar-refractivity contribution is 5.88. The van der Waals surface area contributed by atoms with Crippen molar-refractivity contribution in [1.82, 2.24) is 5.32 Å². The Morgan fingerprint density at radius 3 is 2.44 bits per heavy atom. The number of ether oxygens (including phenoxy) is 2. The quantitative estimate of drug-likeness (QED) is 0.772. The van der Waals surface area contributed by atoms with Crippen LogP contribution in [0.15, 0.2) is 48.5 Å². The molecule has 0 bridgehead atoms. The summed E-state index contributed by atoms with van der Waals surface area (Å²) in [7, 11) is 1.63. The molecule has 6 nitrogen and oxygen atoms in total. The van der Waals surface area contributed by atoms with Gasteiger partial charge in [0.25, 0.3) is 5.91 Å². The molecule has 6 heteroatoms. The molecular weight excluding hydrogens is 320 g/mol. The lowest BCUT2D eigenvalue weighted by atomic mass is 10.1. The zero-order valence-corrected chi connectivity index (χ0v) is 14.4. The van der Waals surface area contributed by atoms with Crippen LogP contribution in [0.4, 0.5) is 5.69 Å². The molecule has 2 aromatic rings. The lowest BCUT2D eigenvalue weighted by molar-refractivity contribution is -0.123. The van der Waals surface area contributed by atoms with Crippen LogP contribution in [0.5, 0.6) is 11.5 Å². The molecule has 0 fully saturated rings. The first-order valence-electron chi connectivity index (χ1n) is 7.97.